The van der Waals surface area contributed by atoms with Crippen molar-refractivity contribution in [2.45, 2.75) is 31.7 Å². The fourth-order valence-electron chi connectivity index (χ4n) is 3.15. The lowest BCUT2D eigenvalue weighted by molar-refractivity contribution is -0.123. The maximum absolute atomic E-state index is 13.1. The van der Waals surface area contributed by atoms with Gasteiger partial charge < -0.3 is 10.4 Å². The van der Waals surface area contributed by atoms with Crippen molar-refractivity contribution < 1.29 is 14.3 Å². The zero-order valence-electron chi connectivity index (χ0n) is 13.1. The van der Waals surface area contributed by atoms with E-state index in [-0.39, 0.29) is 30.9 Å². The topological polar surface area (TPSA) is 52.6 Å². The highest BCUT2D eigenvalue weighted by molar-refractivity contribution is 5.78. The first-order valence-corrected chi connectivity index (χ1v) is 7.94. The molecular weight excluding hydrogens is 283 g/mol. The Morgan fingerprint density at radius 1 is 1.36 bits per heavy atom. The van der Waals surface area contributed by atoms with Crippen LogP contribution in [0, 0.1) is 11.7 Å². The van der Waals surface area contributed by atoms with Crippen LogP contribution in [0.2, 0.25) is 0 Å². The molecule has 0 radical (unpaired) electrons. The van der Waals surface area contributed by atoms with Crippen LogP contribution in [0.1, 0.15) is 37.3 Å². The maximum atomic E-state index is 13.1. The quantitative estimate of drug-likeness (QED) is 0.811. The van der Waals surface area contributed by atoms with Gasteiger partial charge in [0.2, 0.25) is 5.91 Å². The highest BCUT2D eigenvalue weighted by Crippen LogP contribution is 2.35. The summed E-state index contributed by atoms with van der Waals surface area (Å²) in [6.45, 7) is 0.761. The standard InChI is InChI=1S/C17H25FN2O2/c1-20(10-11-21)12-16(22)19-17(13-4-2-3-5-13)14-6-8-15(18)9-7-14/h6-9,13,17,21H,2-5,10-12H2,1H3,(H,19,22). The molecule has 1 atom stereocenters. The lowest BCUT2D eigenvalue weighted by Gasteiger charge is -2.26. The van der Waals surface area contributed by atoms with E-state index in [0.29, 0.717) is 12.5 Å². The molecule has 1 saturated carbocycles. The minimum atomic E-state index is -0.261. The molecule has 1 aliphatic carbocycles. The van der Waals surface area contributed by atoms with Gasteiger partial charge in [-0.3, -0.25) is 9.69 Å². The minimum absolute atomic E-state index is 0.0355. The van der Waals surface area contributed by atoms with E-state index in [1.807, 2.05) is 0 Å². The van der Waals surface area contributed by atoms with Gasteiger partial charge in [0.15, 0.2) is 0 Å². The number of benzene rings is 1. The summed E-state index contributed by atoms with van der Waals surface area (Å²) < 4.78 is 13.1. The Morgan fingerprint density at radius 2 is 2.00 bits per heavy atom. The van der Waals surface area contributed by atoms with Crippen LogP contribution >= 0.6 is 0 Å². The third-order valence-corrected chi connectivity index (χ3v) is 4.31. The molecule has 1 unspecified atom stereocenters. The summed E-state index contributed by atoms with van der Waals surface area (Å²) in [5.41, 5.74) is 0.964. The number of aliphatic hydroxyl groups excluding tert-OH is 1. The van der Waals surface area contributed by atoms with Crippen molar-refractivity contribution in [3.63, 3.8) is 0 Å². The van der Waals surface area contributed by atoms with E-state index in [0.717, 1.165) is 18.4 Å². The average Bonchev–Trinajstić information content (AvgIpc) is 3.00. The van der Waals surface area contributed by atoms with Crippen LogP contribution in [0.4, 0.5) is 4.39 Å². The molecule has 0 aliphatic heterocycles. The summed E-state index contributed by atoms with van der Waals surface area (Å²) in [6, 6.07) is 6.35. The highest BCUT2D eigenvalue weighted by Gasteiger charge is 2.27. The first-order chi connectivity index (χ1) is 10.6. The number of likely N-dealkylation sites (N-methyl/N-ethyl adjacent to an activating group) is 1. The van der Waals surface area contributed by atoms with Crippen LogP contribution in [-0.2, 0) is 4.79 Å². The van der Waals surface area contributed by atoms with Gasteiger partial charge in [-0.25, -0.2) is 4.39 Å². The first kappa shape index (κ1) is 16.9. The number of hydrogen-bond donors (Lipinski definition) is 2. The van der Waals surface area contributed by atoms with Crippen molar-refractivity contribution in [3.8, 4) is 0 Å². The lowest BCUT2D eigenvalue weighted by atomic mass is 9.91. The number of aliphatic hydroxyl groups is 1. The SMILES string of the molecule is CN(CCO)CC(=O)NC(c1ccc(F)cc1)C1CCCC1. The molecule has 4 nitrogen and oxygen atoms in total. The van der Waals surface area contributed by atoms with Crippen LogP contribution in [0.3, 0.4) is 0 Å². The molecule has 5 heteroatoms. The third-order valence-electron chi connectivity index (χ3n) is 4.31. The normalized spacial score (nSPS) is 16.9. The van der Waals surface area contributed by atoms with Crippen LogP contribution in [0.25, 0.3) is 0 Å². The number of carbonyl (C=O) groups is 1. The highest BCUT2D eigenvalue weighted by atomic mass is 19.1. The smallest absolute Gasteiger partial charge is 0.234 e. The number of hydrogen-bond acceptors (Lipinski definition) is 3. The fourth-order valence-corrected chi connectivity index (χ4v) is 3.15. The van der Waals surface area contributed by atoms with Crippen molar-refractivity contribution in [2.24, 2.45) is 5.92 Å². The molecule has 1 aromatic carbocycles. The second kappa shape index (κ2) is 8.25. The van der Waals surface area contributed by atoms with Gasteiger partial charge in [-0.15, -0.1) is 0 Å². The Balaban J connectivity index is 2.04. The monoisotopic (exact) mass is 308 g/mol. The number of rotatable bonds is 7. The Kier molecular flexibility index (Phi) is 6.34. The molecule has 122 valence electrons. The molecule has 0 heterocycles. The predicted molar refractivity (Wildman–Crippen MR) is 83.8 cm³/mol. The molecule has 0 spiro atoms. The summed E-state index contributed by atoms with van der Waals surface area (Å²) in [5.74, 6) is 0.0951. The average molecular weight is 308 g/mol. The van der Waals surface area contributed by atoms with Crippen molar-refractivity contribution in [3.05, 3.63) is 35.6 Å². The van der Waals surface area contributed by atoms with Gasteiger partial charge in [-0.1, -0.05) is 25.0 Å². The molecule has 0 saturated heterocycles. The van der Waals surface area contributed by atoms with E-state index in [9.17, 15) is 9.18 Å². The van der Waals surface area contributed by atoms with Crippen molar-refractivity contribution in [1.82, 2.24) is 10.2 Å². The number of halogens is 1. The molecule has 1 amide bonds. The van der Waals surface area contributed by atoms with E-state index in [1.54, 1.807) is 24.1 Å². The Morgan fingerprint density at radius 3 is 2.59 bits per heavy atom. The van der Waals surface area contributed by atoms with Gasteiger partial charge >= 0.3 is 0 Å². The molecule has 1 aliphatic rings. The molecule has 22 heavy (non-hydrogen) atoms. The molecule has 1 aromatic rings. The number of amides is 1. The summed E-state index contributed by atoms with van der Waals surface area (Å²) >= 11 is 0. The van der Waals surface area contributed by atoms with E-state index in [1.165, 1.54) is 25.0 Å². The van der Waals surface area contributed by atoms with Crippen LogP contribution in [0.5, 0.6) is 0 Å². The van der Waals surface area contributed by atoms with Crippen molar-refractivity contribution in [1.29, 1.82) is 0 Å². The molecule has 1 fully saturated rings. The third kappa shape index (κ3) is 4.78. The Bertz CT molecular complexity index is 472. The number of nitrogens with one attached hydrogen (secondary N) is 1. The second-order valence-corrected chi connectivity index (χ2v) is 6.10. The van der Waals surface area contributed by atoms with Gasteiger partial charge in [-0.2, -0.15) is 0 Å². The predicted octanol–water partition coefficient (Wildman–Crippen LogP) is 2.10. The summed E-state index contributed by atoms with van der Waals surface area (Å²) in [7, 11) is 1.80. The molecule has 0 aromatic heterocycles. The largest absolute Gasteiger partial charge is 0.395 e. The van der Waals surface area contributed by atoms with Gasteiger partial charge in [-0.05, 0) is 43.5 Å². The van der Waals surface area contributed by atoms with E-state index < -0.39 is 0 Å². The minimum Gasteiger partial charge on any atom is -0.395 e. The van der Waals surface area contributed by atoms with Crippen molar-refractivity contribution >= 4 is 5.91 Å². The summed E-state index contributed by atoms with van der Waals surface area (Å²) in [6.07, 6.45) is 4.55. The first-order valence-electron chi connectivity index (χ1n) is 7.94. The van der Waals surface area contributed by atoms with Crippen LogP contribution in [-0.4, -0.2) is 42.7 Å². The number of nitrogens with zero attached hydrogens (tertiary/aromatic N) is 1. The zero-order chi connectivity index (χ0) is 15.9. The van der Waals surface area contributed by atoms with E-state index in [4.69, 9.17) is 5.11 Å². The van der Waals surface area contributed by atoms with Crippen LogP contribution < -0.4 is 5.32 Å². The number of carbonyl (C=O) groups excluding carboxylic acids is 1. The summed E-state index contributed by atoms with van der Waals surface area (Å²) in [4.78, 5) is 14.0. The summed E-state index contributed by atoms with van der Waals surface area (Å²) in [5, 5.41) is 12.0. The molecule has 2 rings (SSSR count). The second-order valence-electron chi connectivity index (χ2n) is 6.10. The molecule has 0 bridgehead atoms. The van der Waals surface area contributed by atoms with Crippen LogP contribution in [0.15, 0.2) is 24.3 Å². The maximum Gasteiger partial charge on any atom is 0.234 e. The van der Waals surface area contributed by atoms with E-state index >= 15 is 0 Å². The van der Waals surface area contributed by atoms with Gasteiger partial charge in [0.1, 0.15) is 5.82 Å². The Labute approximate surface area is 131 Å². The lowest BCUT2D eigenvalue weighted by Crippen LogP contribution is -2.40. The van der Waals surface area contributed by atoms with E-state index in [2.05, 4.69) is 5.32 Å². The van der Waals surface area contributed by atoms with Gasteiger partial charge in [0, 0.05) is 6.54 Å². The molecular formula is C17H25FN2O2. The van der Waals surface area contributed by atoms with Crippen molar-refractivity contribution in [2.75, 3.05) is 26.7 Å². The fraction of sp³-hybridized carbons (Fsp3) is 0.588. The van der Waals surface area contributed by atoms with Gasteiger partial charge in [0.25, 0.3) is 0 Å². The molecule has 2 N–H and O–H groups in total. The zero-order valence-corrected chi connectivity index (χ0v) is 13.1. The Hall–Kier alpha value is -1.46. The van der Waals surface area contributed by atoms with Gasteiger partial charge in [0.05, 0.1) is 19.2 Å².